The minimum Gasteiger partial charge on any atom is -0.343 e. The molecule has 2 heterocycles. The molecule has 86 valence electrons. The van der Waals surface area contributed by atoms with Crippen LogP contribution in [-0.2, 0) is 4.79 Å². The maximum absolute atomic E-state index is 11.8. The van der Waals surface area contributed by atoms with Crippen LogP contribution in [0.4, 0.5) is 0 Å². The maximum Gasteiger partial charge on any atom is 0.222 e. The van der Waals surface area contributed by atoms with Crippen LogP contribution in [0.3, 0.4) is 0 Å². The van der Waals surface area contributed by atoms with Gasteiger partial charge in [-0.3, -0.25) is 4.79 Å². The summed E-state index contributed by atoms with van der Waals surface area (Å²) in [5.74, 6) is 1.13. The molecule has 2 fully saturated rings. The lowest BCUT2D eigenvalue weighted by atomic mass is 9.94. The second kappa shape index (κ2) is 5.50. The number of nitrogens with one attached hydrogen (secondary N) is 1. The number of nitrogens with zero attached hydrogens (tertiary/aromatic N) is 1. The molecule has 3 heteroatoms. The minimum atomic E-state index is 0.387. The molecule has 15 heavy (non-hydrogen) atoms. The van der Waals surface area contributed by atoms with Gasteiger partial charge in [0, 0.05) is 19.5 Å². The van der Waals surface area contributed by atoms with Gasteiger partial charge in [0.2, 0.25) is 5.91 Å². The summed E-state index contributed by atoms with van der Waals surface area (Å²) in [7, 11) is 0. The predicted molar refractivity (Wildman–Crippen MR) is 60.6 cm³/mol. The molecule has 2 rings (SSSR count). The Hall–Kier alpha value is -0.570. The van der Waals surface area contributed by atoms with E-state index < -0.39 is 0 Å². The standard InChI is InChI=1S/C12H22N2O/c15-12(14-8-1-2-9-14)6-5-11-4-3-7-13-10-11/h11,13H,1-10H2. The Morgan fingerprint density at radius 2 is 2.07 bits per heavy atom. The number of piperidine rings is 1. The fraction of sp³-hybridized carbons (Fsp3) is 0.917. The second-order valence-electron chi connectivity index (χ2n) is 4.84. The second-order valence-corrected chi connectivity index (χ2v) is 4.84. The van der Waals surface area contributed by atoms with Crippen LogP contribution in [0.25, 0.3) is 0 Å². The number of amides is 1. The molecule has 1 amide bonds. The van der Waals surface area contributed by atoms with Crippen molar-refractivity contribution >= 4 is 5.91 Å². The summed E-state index contributed by atoms with van der Waals surface area (Å²) in [5.41, 5.74) is 0. The summed E-state index contributed by atoms with van der Waals surface area (Å²) in [6, 6.07) is 0. The van der Waals surface area contributed by atoms with Crippen LogP contribution in [0, 0.1) is 5.92 Å². The summed E-state index contributed by atoms with van der Waals surface area (Å²) in [5, 5.41) is 3.40. The average molecular weight is 210 g/mol. The van der Waals surface area contributed by atoms with Crippen LogP contribution in [0.15, 0.2) is 0 Å². The van der Waals surface area contributed by atoms with Gasteiger partial charge in [0.1, 0.15) is 0 Å². The van der Waals surface area contributed by atoms with Gasteiger partial charge in [-0.25, -0.2) is 0 Å². The molecular weight excluding hydrogens is 188 g/mol. The fourth-order valence-corrected chi connectivity index (χ4v) is 2.62. The first-order valence-electron chi connectivity index (χ1n) is 6.35. The summed E-state index contributed by atoms with van der Waals surface area (Å²) in [6.07, 6.45) is 6.85. The first kappa shape index (κ1) is 10.9. The zero-order valence-corrected chi connectivity index (χ0v) is 9.50. The number of carbonyl (C=O) groups is 1. The zero-order valence-electron chi connectivity index (χ0n) is 9.50. The van der Waals surface area contributed by atoms with Crippen molar-refractivity contribution in [3.05, 3.63) is 0 Å². The minimum absolute atomic E-state index is 0.387. The van der Waals surface area contributed by atoms with E-state index in [-0.39, 0.29) is 0 Å². The monoisotopic (exact) mass is 210 g/mol. The van der Waals surface area contributed by atoms with Gasteiger partial charge in [0.25, 0.3) is 0 Å². The Kier molecular flexibility index (Phi) is 4.01. The zero-order chi connectivity index (χ0) is 10.5. The summed E-state index contributed by atoms with van der Waals surface area (Å²) >= 11 is 0. The Morgan fingerprint density at radius 3 is 2.73 bits per heavy atom. The van der Waals surface area contributed by atoms with Crippen molar-refractivity contribution in [2.45, 2.75) is 38.5 Å². The third-order valence-corrected chi connectivity index (χ3v) is 3.62. The lowest BCUT2D eigenvalue weighted by Gasteiger charge is -2.23. The van der Waals surface area contributed by atoms with E-state index in [4.69, 9.17) is 0 Å². The Labute approximate surface area is 92.2 Å². The normalized spacial score (nSPS) is 26.9. The third-order valence-electron chi connectivity index (χ3n) is 3.62. The van der Waals surface area contributed by atoms with Crippen LogP contribution < -0.4 is 5.32 Å². The molecule has 0 aromatic carbocycles. The molecule has 0 aliphatic carbocycles. The molecule has 1 unspecified atom stereocenters. The summed E-state index contributed by atoms with van der Waals surface area (Å²) < 4.78 is 0. The van der Waals surface area contributed by atoms with Crippen molar-refractivity contribution in [1.29, 1.82) is 0 Å². The van der Waals surface area contributed by atoms with Crippen LogP contribution in [0.2, 0.25) is 0 Å². The van der Waals surface area contributed by atoms with Gasteiger partial charge in [-0.2, -0.15) is 0 Å². The van der Waals surface area contributed by atoms with Gasteiger partial charge in [-0.1, -0.05) is 0 Å². The van der Waals surface area contributed by atoms with Gasteiger partial charge >= 0.3 is 0 Å². The lowest BCUT2D eigenvalue weighted by Crippen LogP contribution is -2.32. The molecule has 3 nitrogen and oxygen atoms in total. The lowest BCUT2D eigenvalue weighted by molar-refractivity contribution is -0.130. The molecule has 2 aliphatic heterocycles. The van der Waals surface area contributed by atoms with Gasteiger partial charge in [-0.05, 0) is 51.1 Å². The van der Waals surface area contributed by atoms with Crippen molar-refractivity contribution in [3.8, 4) is 0 Å². The highest BCUT2D eigenvalue weighted by Gasteiger charge is 2.20. The fourth-order valence-electron chi connectivity index (χ4n) is 2.62. The molecule has 0 aromatic rings. The molecule has 0 bridgehead atoms. The largest absolute Gasteiger partial charge is 0.343 e. The molecule has 1 N–H and O–H groups in total. The quantitative estimate of drug-likeness (QED) is 0.763. The molecule has 0 spiro atoms. The van der Waals surface area contributed by atoms with Crippen LogP contribution in [0.5, 0.6) is 0 Å². The van der Waals surface area contributed by atoms with Gasteiger partial charge in [0.05, 0.1) is 0 Å². The molecule has 0 aromatic heterocycles. The Bertz CT molecular complexity index is 206. The Morgan fingerprint density at radius 1 is 1.27 bits per heavy atom. The molecule has 0 radical (unpaired) electrons. The molecular formula is C12H22N2O. The van der Waals surface area contributed by atoms with Gasteiger partial charge in [-0.15, -0.1) is 0 Å². The molecule has 2 saturated heterocycles. The van der Waals surface area contributed by atoms with Crippen molar-refractivity contribution in [2.24, 2.45) is 5.92 Å². The van der Waals surface area contributed by atoms with Crippen LogP contribution in [0.1, 0.15) is 38.5 Å². The smallest absolute Gasteiger partial charge is 0.222 e. The van der Waals surface area contributed by atoms with E-state index in [1.165, 1.54) is 25.7 Å². The molecule has 0 saturated carbocycles. The third kappa shape index (κ3) is 3.20. The van der Waals surface area contributed by atoms with Crippen LogP contribution >= 0.6 is 0 Å². The molecule has 1 atom stereocenters. The van der Waals surface area contributed by atoms with E-state index >= 15 is 0 Å². The van der Waals surface area contributed by atoms with Crippen LogP contribution in [-0.4, -0.2) is 37.0 Å². The van der Waals surface area contributed by atoms with Gasteiger partial charge in [0.15, 0.2) is 0 Å². The number of hydrogen-bond acceptors (Lipinski definition) is 2. The van der Waals surface area contributed by atoms with E-state index in [2.05, 4.69) is 5.32 Å². The highest BCUT2D eigenvalue weighted by Crippen LogP contribution is 2.17. The van der Waals surface area contributed by atoms with E-state index in [1.807, 2.05) is 4.90 Å². The van der Waals surface area contributed by atoms with Crippen molar-refractivity contribution in [2.75, 3.05) is 26.2 Å². The SMILES string of the molecule is O=C(CCC1CCCNC1)N1CCCC1. The number of rotatable bonds is 3. The van der Waals surface area contributed by atoms with E-state index in [0.717, 1.165) is 44.9 Å². The van der Waals surface area contributed by atoms with E-state index in [9.17, 15) is 4.79 Å². The first-order chi connectivity index (χ1) is 7.36. The topological polar surface area (TPSA) is 32.3 Å². The molecule has 2 aliphatic rings. The van der Waals surface area contributed by atoms with Crippen molar-refractivity contribution in [1.82, 2.24) is 10.2 Å². The summed E-state index contributed by atoms with van der Waals surface area (Å²) in [4.78, 5) is 13.8. The average Bonchev–Trinajstić information content (AvgIpc) is 2.81. The number of carbonyl (C=O) groups excluding carboxylic acids is 1. The highest BCUT2D eigenvalue weighted by atomic mass is 16.2. The van der Waals surface area contributed by atoms with E-state index in [0.29, 0.717) is 5.91 Å². The number of likely N-dealkylation sites (tertiary alicyclic amines) is 1. The highest BCUT2D eigenvalue weighted by molar-refractivity contribution is 5.76. The maximum atomic E-state index is 11.8. The number of hydrogen-bond donors (Lipinski definition) is 1. The summed E-state index contributed by atoms with van der Waals surface area (Å²) in [6.45, 7) is 4.29. The van der Waals surface area contributed by atoms with Gasteiger partial charge < -0.3 is 10.2 Å². The Balaban J connectivity index is 1.65. The van der Waals surface area contributed by atoms with Crippen molar-refractivity contribution < 1.29 is 4.79 Å². The predicted octanol–water partition coefficient (Wildman–Crippen LogP) is 1.39. The first-order valence-corrected chi connectivity index (χ1v) is 6.35. The van der Waals surface area contributed by atoms with Crippen molar-refractivity contribution in [3.63, 3.8) is 0 Å². The van der Waals surface area contributed by atoms with E-state index in [1.54, 1.807) is 0 Å².